The molecular weight excluding hydrogens is 288 g/mol. The first-order valence-corrected chi connectivity index (χ1v) is 4.99. The number of nitrogens with one attached hydrogen (secondary N) is 2. The van der Waals surface area contributed by atoms with Gasteiger partial charge >= 0.3 is 0 Å². The van der Waals surface area contributed by atoms with E-state index in [2.05, 4.69) is 36.6 Å². The number of aromatic nitrogens is 2. The van der Waals surface area contributed by atoms with Crippen molar-refractivity contribution in [2.45, 2.75) is 5.92 Å². The Labute approximate surface area is 98.4 Å². The van der Waals surface area contributed by atoms with E-state index in [0.29, 0.717) is 4.47 Å². The molecule has 5 N–H and O–H groups in total. The summed E-state index contributed by atoms with van der Waals surface area (Å²) in [4.78, 5) is 7.50. The Morgan fingerprint density at radius 1 is 1.44 bits per heavy atom. The van der Waals surface area contributed by atoms with Crippen LogP contribution >= 0.6 is 15.9 Å². The van der Waals surface area contributed by atoms with E-state index in [1.165, 1.54) is 6.33 Å². The minimum Gasteiger partial charge on any atom is -0.390 e. The molecule has 0 spiro atoms. The number of nitrogen functional groups attached to an aromatic ring is 1. The number of aliphatic hydroxyl groups is 1. The Bertz CT molecular complexity index is 365. The number of halogens is 3. The second-order valence-electron chi connectivity index (χ2n) is 2.90. The molecule has 0 bridgehead atoms. The Balaban J connectivity index is 2.75. The molecule has 0 fully saturated rings. The molecule has 0 unspecified atom stereocenters. The Kier molecular flexibility index (Phi) is 4.33. The van der Waals surface area contributed by atoms with E-state index in [-0.39, 0.29) is 11.6 Å². The fraction of sp³-hybridized carbons (Fsp3) is 0.429. The van der Waals surface area contributed by atoms with E-state index in [1.807, 2.05) is 0 Å². The Morgan fingerprint density at radius 3 is 2.62 bits per heavy atom. The lowest BCUT2D eigenvalue weighted by atomic mass is 10.3. The summed E-state index contributed by atoms with van der Waals surface area (Å²) in [6.45, 7) is -1.96. The normalized spacial score (nSPS) is 11.3. The van der Waals surface area contributed by atoms with Crippen LogP contribution in [-0.2, 0) is 0 Å². The highest BCUT2D eigenvalue weighted by Crippen LogP contribution is 2.26. The minimum absolute atomic E-state index is 0.163. The molecule has 0 saturated heterocycles. The highest BCUT2D eigenvalue weighted by atomic mass is 79.9. The molecule has 0 aliphatic carbocycles. The van der Waals surface area contributed by atoms with Crippen molar-refractivity contribution in [3.8, 4) is 0 Å². The molecule has 0 atom stereocenters. The van der Waals surface area contributed by atoms with Gasteiger partial charge in [-0.1, -0.05) is 0 Å². The SMILES string of the molecule is NNc1ncnc(NCC(F)(F)CO)c1Br. The van der Waals surface area contributed by atoms with Gasteiger partial charge < -0.3 is 15.8 Å². The standard InChI is InChI=1S/C7H10BrF2N5O/c8-4-5(12-1-7(9,10)2-16)13-3-14-6(4)15-11/h3,16H,1-2,11H2,(H2,12,13,14,15). The Hall–Kier alpha value is -1.06. The van der Waals surface area contributed by atoms with Crippen LogP contribution in [0.1, 0.15) is 0 Å². The van der Waals surface area contributed by atoms with Crippen LogP contribution in [0, 0.1) is 0 Å². The molecular formula is C7H10BrF2N5O. The van der Waals surface area contributed by atoms with E-state index < -0.39 is 19.1 Å². The lowest BCUT2D eigenvalue weighted by Crippen LogP contribution is -2.31. The molecule has 6 nitrogen and oxygen atoms in total. The predicted octanol–water partition coefficient (Wildman–Crippen LogP) is 0.564. The number of alkyl halides is 2. The van der Waals surface area contributed by atoms with E-state index in [1.54, 1.807) is 0 Å². The van der Waals surface area contributed by atoms with Gasteiger partial charge in [0.1, 0.15) is 23.2 Å². The van der Waals surface area contributed by atoms with Crippen LogP contribution in [0.2, 0.25) is 0 Å². The maximum atomic E-state index is 12.7. The van der Waals surface area contributed by atoms with Crippen molar-refractivity contribution < 1.29 is 13.9 Å². The van der Waals surface area contributed by atoms with Crippen molar-refractivity contribution in [1.82, 2.24) is 9.97 Å². The molecule has 16 heavy (non-hydrogen) atoms. The van der Waals surface area contributed by atoms with Crippen molar-refractivity contribution in [2.24, 2.45) is 5.84 Å². The third kappa shape index (κ3) is 3.22. The van der Waals surface area contributed by atoms with Crippen LogP contribution in [-0.4, -0.2) is 34.1 Å². The van der Waals surface area contributed by atoms with Gasteiger partial charge in [0.2, 0.25) is 0 Å². The van der Waals surface area contributed by atoms with Crippen molar-refractivity contribution in [3.63, 3.8) is 0 Å². The van der Waals surface area contributed by atoms with E-state index >= 15 is 0 Å². The summed E-state index contributed by atoms with van der Waals surface area (Å²) in [6, 6.07) is 0. The van der Waals surface area contributed by atoms with Gasteiger partial charge in [0.15, 0.2) is 5.82 Å². The highest BCUT2D eigenvalue weighted by molar-refractivity contribution is 9.10. The van der Waals surface area contributed by atoms with Crippen LogP contribution in [0.25, 0.3) is 0 Å². The summed E-state index contributed by atoms with van der Waals surface area (Å²) in [6.07, 6.45) is 1.17. The second kappa shape index (κ2) is 5.32. The fourth-order valence-electron chi connectivity index (χ4n) is 0.863. The molecule has 0 aliphatic heterocycles. The van der Waals surface area contributed by atoms with Gasteiger partial charge in [0.25, 0.3) is 5.92 Å². The number of hydrogen-bond acceptors (Lipinski definition) is 6. The fourth-order valence-corrected chi connectivity index (χ4v) is 1.32. The lowest BCUT2D eigenvalue weighted by Gasteiger charge is -2.15. The second-order valence-corrected chi connectivity index (χ2v) is 3.69. The number of anilines is 2. The van der Waals surface area contributed by atoms with Crippen molar-refractivity contribution in [3.05, 3.63) is 10.8 Å². The van der Waals surface area contributed by atoms with Crippen LogP contribution in [0.4, 0.5) is 20.4 Å². The topological polar surface area (TPSA) is 96.1 Å². The van der Waals surface area contributed by atoms with Crippen molar-refractivity contribution in [1.29, 1.82) is 0 Å². The number of aliphatic hydroxyl groups excluding tert-OH is 1. The molecule has 1 aromatic heterocycles. The van der Waals surface area contributed by atoms with Gasteiger partial charge in [-0.25, -0.2) is 24.6 Å². The first-order chi connectivity index (χ1) is 7.50. The summed E-state index contributed by atoms with van der Waals surface area (Å²) in [5.41, 5.74) is 2.27. The summed E-state index contributed by atoms with van der Waals surface area (Å²) in [5, 5.41) is 10.8. The predicted molar refractivity (Wildman–Crippen MR) is 58.1 cm³/mol. The zero-order valence-electron chi connectivity index (χ0n) is 8.04. The molecule has 1 heterocycles. The van der Waals surface area contributed by atoms with Crippen LogP contribution < -0.4 is 16.6 Å². The van der Waals surface area contributed by atoms with Gasteiger partial charge in [0, 0.05) is 0 Å². The number of hydrogen-bond donors (Lipinski definition) is 4. The third-order valence-corrected chi connectivity index (χ3v) is 2.42. The minimum atomic E-state index is -3.21. The lowest BCUT2D eigenvalue weighted by molar-refractivity contribution is -0.0373. The van der Waals surface area contributed by atoms with E-state index in [0.717, 1.165) is 0 Å². The number of rotatable bonds is 5. The largest absolute Gasteiger partial charge is 0.390 e. The quantitative estimate of drug-likeness (QED) is 0.469. The number of nitrogens with zero attached hydrogens (tertiary/aromatic N) is 2. The molecule has 1 aromatic rings. The van der Waals surface area contributed by atoms with Gasteiger partial charge in [-0.2, -0.15) is 0 Å². The van der Waals surface area contributed by atoms with Crippen molar-refractivity contribution >= 4 is 27.6 Å². The van der Waals surface area contributed by atoms with Gasteiger partial charge in [0.05, 0.1) is 6.54 Å². The molecule has 0 aromatic carbocycles. The first-order valence-electron chi connectivity index (χ1n) is 4.20. The first kappa shape index (κ1) is 13.0. The van der Waals surface area contributed by atoms with Crippen LogP contribution in [0.5, 0.6) is 0 Å². The van der Waals surface area contributed by atoms with Gasteiger partial charge in [-0.3, -0.25) is 0 Å². The smallest absolute Gasteiger partial charge is 0.287 e. The van der Waals surface area contributed by atoms with Crippen molar-refractivity contribution in [2.75, 3.05) is 23.9 Å². The summed E-state index contributed by atoms with van der Waals surface area (Å²) >= 11 is 3.09. The van der Waals surface area contributed by atoms with Gasteiger partial charge in [-0.05, 0) is 15.9 Å². The van der Waals surface area contributed by atoms with Crippen LogP contribution in [0.15, 0.2) is 10.8 Å². The maximum Gasteiger partial charge on any atom is 0.287 e. The van der Waals surface area contributed by atoms with Gasteiger partial charge in [-0.15, -0.1) is 0 Å². The molecule has 0 amide bonds. The molecule has 0 radical (unpaired) electrons. The molecule has 90 valence electrons. The molecule has 9 heteroatoms. The van der Waals surface area contributed by atoms with E-state index in [9.17, 15) is 8.78 Å². The number of hydrazine groups is 1. The monoisotopic (exact) mass is 297 g/mol. The summed E-state index contributed by atoms with van der Waals surface area (Å²) in [7, 11) is 0. The van der Waals surface area contributed by atoms with E-state index in [4.69, 9.17) is 10.9 Å². The Morgan fingerprint density at radius 2 is 2.06 bits per heavy atom. The maximum absolute atomic E-state index is 12.7. The summed E-state index contributed by atoms with van der Waals surface area (Å²) in [5.74, 6) is 2.37. The molecule has 1 rings (SSSR count). The highest BCUT2D eigenvalue weighted by Gasteiger charge is 2.27. The zero-order chi connectivity index (χ0) is 12.2. The average Bonchev–Trinajstić information content (AvgIpc) is 2.28. The zero-order valence-corrected chi connectivity index (χ0v) is 9.63. The summed E-state index contributed by atoms with van der Waals surface area (Å²) < 4.78 is 25.8. The molecule has 0 aliphatic rings. The average molecular weight is 298 g/mol. The number of nitrogens with two attached hydrogens (primary N) is 1. The van der Waals surface area contributed by atoms with Crippen LogP contribution in [0.3, 0.4) is 0 Å². The third-order valence-electron chi connectivity index (χ3n) is 1.67. The molecule has 0 saturated carbocycles.